The number of halogens is 3. The maximum Gasteiger partial charge on any atom is 0.441 e. The van der Waals surface area contributed by atoms with Gasteiger partial charge in [-0.1, -0.05) is 0 Å². The van der Waals surface area contributed by atoms with E-state index in [-0.39, 0.29) is 35.3 Å². The molecule has 1 aromatic carbocycles. The summed E-state index contributed by atoms with van der Waals surface area (Å²) in [6.45, 7) is 0.117. The van der Waals surface area contributed by atoms with Crippen molar-refractivity contribution in [3.63, 3.8) is 0 Å². The normalized spacial score (nSPS) is 11.2. The maximum absolute atomic E-state index is 11.9. The molecule has 0 saturated carbocycles. The van der Waals surface area contributed by atoms with Crippen LogP contribution in [0.2, 0.25) is 0 Å². The Morgan fingerprint density at radius 2 is 2.16 bits per heavy atom. The standard InChI is InChI=1S/C11H13F3N2O2S/c1-18-10(17)7-2-3-9(8(15)6-7)16-4-5-19-11(12,13)14/h2-3,6,16H,4-5,15H2,1H3. The second kappa shape index (κ2) is 6.55. The highest BCUT2D eigenvalue weighted by atomic mass is 32.2. The Bertz CT molecular complexity index is 452. The molecule has 0 radical (unpaired) electrons. The monoisotopic (exact) mass is 294 g/mol. The minimum Gasteiger partial charge on any atom is -0.465 e. The van der Waals surface area contributed by atoms with Crippen molar-refractivity contribution in [3.05, 3.63) is 23.8 Å². The number of methoxy groups -OCH3 is 1. The number of benzene rings is 1. The lowest BCUT2D eigenvalue weighted by atomic mass is 10.2. The molecule has 1 aromatic rings. The Labute approximate surface area is 112 Å². The van der Waals surface area contributed by atoms with Crippen LogP contribution in [0.4, 0.5) is 24.5 Å². The topological polar surface area (TPSA) is 64.3 Å². The fourth-order valence-corrected chi connectivity index (χ4v) is 1.76. The van der Waals surface area contributed by atoms with Gasteiger partial charge >= 0.3 is 11.5 Å². The minimum atomic E-state index is -4.23. The van der Waals surface area contributed by atoms with Gasteiger partial charge in [-0.05, 0) is 30.0 Å². The van der Waals surface area contributed by atoms with Crippen molar-refractivity contribution in [1.29, 1.82) is 0 Å². The molecule has 4 nitrogen and oxygen atoms in total. The number of carbonyl (C=O) groups excluding carboxylic acids is 1. The first kappa shape index (κ1) is 15.5. The number of esters is 1. The zero-order valence-electron chi connectivity index (χ0n) is 10.1. The lowest BCUT2D eigenvalue weighted by molar-refractivity contribution is -0.0327. The molecule has 3 N–H and O–H groups in total. The van der Waals surface area contributed by atoms with Gasteiger partial charge in [-0.2, -0.15) is 13.2 Å². The molecule has 19 heavy (non-hydrogen) atoms. The molecule has 106 valence electrons. The van der Waals surface area contributed by atoms with Crippen molar-refractivity contribution in [1.82, 2.24) is 0 Å². The Morgan fingerprint density at radius 3 is 2.68 bits per heavy atom. The zero-order chi connectivity index (χ0) is 14.5. The van der Waals surface area contributed by atoms with Crippen molar-refractivity contribution in [3.8, 4) is 0 Å². The summed E-state index contributed by atoms with van der Waals surface area (Å²) in [4.78, 5) is 11.2. The SMILES string of the molecule is COC(=O)c1ccc(NCCSC(F)(F)F)c(N)c1. The molecule has 0 aromatic heterocycles. The molecule has 0 bridgehead atoms. The first-order valence-corrected chi connectivity index (χ1v) is 6.24. The van der Waals surface area contributed by atoms with Crippen LogP contribution in [0.25, 0.3) is 0 Å². The van der Waals surface area contributed by atoms with E-state index in [0.29, 0.717) is 5.69 Å². The van der Waals surface area contributed by atoms with Gasteiger partial charge in [0.15, 0.2) is 0 Å². The van der Waals surface area contributed by atoms with Gasteiger partial charge in [0.05, 0.1) is 24.0 Å². The molecule has 8 heteroatoms. The van der Waals surface area contributed by atoms with Crippen LogP contribution in [0.15, 0.2) is 18.2 Å². The van der Waals surface area contributed by atoms with Crippen molar-refractivity contribution in [2.75, 3.05) is 30.5 Å². The van der Waals surface area contributed by atoms with E-state index in [1.54, 1.807) is 0 Å². The number of hydrogen-bond acceptors (Lipinski definition) is 5. The maximum atomic E-state index is 11.9. The van der Waals surface area contributed by atoms with Crippen LogP contribution < -0.4 is 11.1 Å². The average Bonchev–Trinajstić information content (AvgIpc) is 2.33. The fraction of sp³-hybridized carbons (Fsp3) is 0.364. The van der Waals surface area contributed by atoms with Gasteiger partial charge in [-0.15, -0.1) is 0 Å². The van der Waals surface area contributed by atoms with Crippen molar-refractivity contribution < 1.29 is 22.7 Å². The minimum absolute atomic E-state index is 0.107. The number of nitrogen functional groups attached to an aromatic ring is 1. The van der Waals surface area contributed by atoms with E-state index < -0.39 is 11.5 Å². The van der Waals surface area contributed by atoms with Crippen molar-refractivity contribution in [2.24, 2.45) is 0 Å². The van der Waals surface area contributed by atoms with Crippen LogP contribution in [-0.4, -0.2) is 30.9 Å². The molecular weight excluding hydrogens is 281 g/mol. The third-order valence-electron chi connectivity index (χ3n) is 2.16. The van der Waals surface area contributed by atoms with Crippen LogP contribution in [0, 0.1) is 0 Å². The molecule has 0 atom stereocenters. The lowest BCUT2D eigenvalue weighted by Crippen LogP contribution is -2.11. The lowest BCUT2D eigenvalue weighted by Gasteiger charge is -2.11. The van der Waals surface area contributed by atoms with Gasteiger partial charge in [-0.25, -0.2) is 4.79 Å². The summed E-state index contributed by atoms with van der Waals surface area (Å²) in [6, 6.07) is 4.42. The molecule has 0 aliphatic rings. The summed E-state index contributed by atoms with van der Waals surface area (Å²) in [5, 5.41) is 2.77. The molecule has 0 aliphatic carbocycles. The summed E-state index contributed by atoms with van der Waals surface area (Å²) >= 11 is -0.107. The van der Waals surface area contributed by atoms with E-state index in [9.17, 15) is 18.0 Å². The predicted octanol–water partition coefficient (Wildman–Crippen LogP) is 2.72. The first-order chi connectivity index (χ1) is 8.83. The second-order valence-electron chi connectivity index (χ2n) is 3.51. The van der Waals surface area contributed by atoms with E-state index in [1.807, 2.05) is 0 Å². The molecule has 0 spiro atoms. The van der Waals surface area contributed by atoms with E-state index in [1.165, 1.54) is 25.3 Å². The van der Waals surface area contributed by atoms with Gasteiger partial charge in [0.25, 0.3) is 0 Å². The molecule has 0 amide bonds. The van der Waals surface area contributed by atoms with Crippen LogP contribution in [0.5, 0.6) is 0 Å². The number of ether oxygens (including phenoxy) is 1. The first-order valence-electron chi connectivity index (χ1n) is 5.26. The third kappa shape index (κ3) is 5.29. The molecule has 0 saturated heterocycles. The number of nitrogens with one attached hydrogen (secondary N) is 1. The number of rotatable bonds is 5. The summed E-state index contributed by atoms with van der Waals surface area (Å²) < 4.78 is 40.2. The smallest absolute Gasteiger partial charge is 0.441 e. The quantitative estimate of drug-likeness (QED) is 0.496. The van der Waals surface area contributed by atoms with Crippen LogP contribution >= 0.6 is 11.8 Å². The Hall–Kier alpha value is -1.57. The van der Waals surface area contributed by atoms with E-state index in [2.05, 4.69) is 10.1 Å². The van der Waals surface area contributed by atoms with E-state index in [4.69, 9.17) is 5.73 Å². The molecule has 0 heterocycles. The summed E-state index contributed by atoms with van der Waals surface area (Å²) in [7, 11) is 1.25. The highest BCUT2D eigenvalue weighted by Crippen LogP contribution is 2.30. The predicted molar refractivity (Wildman–Crippen MR) is 69.2 cm³/mol. The van der Waals surface area contributed by atoms with Gasteiger partial charge < -0.3 is 15.8 Å². The fourth-order valence-electron chi connectivity index (χ4n) is 1.32. The van der Waals surface area contributed by atoms with Crippen LogP contribution in [-0.2, 0) is 4.74 Å². The number of nitrogens with two attached hydrogens (primary N) is 1. The summed E-state index contributed by atoms with van der Waals surface area (Å²) in [5.41, 5.74) is 2.50. The van der Waals surface area contributed by atoms with E-state index >= 15 is 0 Å². The van der Waals surface area contributed by atoms with Gasteiger partial charge in [0.2, 0.25) is 0 Å². The van der Waals surface area contributed by atoms with E-state index in [0.717, 1.165) is 0 Å². The largest absolute Gasteiger partial charge is 0.465 e. The number of carbonyl (C=O) groups is 1. The number of hydrogen-bond donors (Lipinski definition) is 2. The summed E-state index contributed by atoms with van der Waals surface area (Å²) in [6.07, 6.45) is 0. The van der Waals surface area contributed by atoms with Gasteiger partial charge in [-0.3, -0.25) is 0 Å². The molecule has 0 unspecified atom stereocenters. The highest BCUT2D eigenvalue weighted by molar-refractivity contribution is 8.00. The Balaban J connectivity index is 2.54. The Kier molecular flexibility index (Phi) is 5.34. The number of alkyl halides is 3. The average molecular weight is 294 g/mol. The number of anilines is 2. The third-order valence-corrected chi connectivity index (χ3v) is 2.89. The van der Waals surface area contributed by atoms with Crippen molar-refractivity contribution >= 4 is 29.1 Å². The molecule has 0 aliphatic heterocycles. The van der Waals surface area contributed by atoms with Gasteiger partial charge in [0, 0.05) is 12.3 Å². The number of thioether (sulfide) groups is 1. The van der Waals surface area contributed by atoms with Crippen molar-refractivity contribution in [2.45, 2.75) is 5.51 Å². The molecule has 0 fully saturated rings. The van der Waals surface area contributed by atoms with Crippen LogP contribution in [0.3, 0.4) is 0 Å². The molecule has 1 rings (SSSR count). The van der Waals surface area contributed by atoms with Crippen LogP contribution in [0.1, 0.15) is 10.4 Å². The second-order valence-corrected chi connectivity index (χ2v) is 4.67. The van der Waals surface area contributed by atoms with Gasteiger partial charge in [0.1, 0.15) is 0 Å². The summed E-state index contributed by atoms with van der Waals surface area (Å²) in [5.74, 6) is -0.646. The highest BCUT2D eigenvalue weighted by Gasteiger charge is 2.27. The molecular formula is C11H13F3N2O2S. The zero-order valence-corrected chi connectivity index (χ0v) is 10.9. The Morgan fingerprint density at radius 1 is 1.47 bits per heavy atom.